The Hall–Kier alpha value is -2.22. The van der Waals surface area contributed by atoms with Crippen LogP contribution in [0.4, 0.5) is 5.82 Å². The quantitative estimate of drug-likeness (QED) is 0.233. The molecule has 1 heterocycles. The summed E-state index contributed by atoms with van der Waals surface area (Å²) in [6, 6.07) is 17.4. The predicted molar refractivity (Wildman–Crippen MR) is 141 cm³/mol. The molecule has 0 aliphatic heterocycles. The minimum absolute atomic E-state index is 0.239. The monoisotopic (exact) mass is 597 g/mol. The smallest absolute Gasteiger partial charge is 0.256 e. The van der Waals surface area contributed by atoms with Gasteiger partial charge in [0, 0.05) is 26.8 Å². The van der Waals surface area contributed by atoms with Crippen molar-refractivity contribution in [3.8, 4) is 5.75 Å². The number of halogens is 5. The third-order valence-electron chi connectivity index (χ3n) is 4.77. The summed E-state index contributed by atoms with van der Waals surface area (Å²) < 4.78 is 8.08. The zero-order valence-electron chi connectivity index (χ0n) is 17.4. The molecule has 0 fully saturated rings. The minimum Gasteiger partial charge on any atom is -0.487 e. The highest BCUT2D eigenvalue weighted by Crippen LogP contribution is 2.28. The van der Waals surface area contributed by atoms with E-state index in [9.17, 15) is 4.79 Å². The fourth-order valence-corrected chi connectivity index (χ4v) is 4.47. The van der Waals surface area contributed by atoms with Crippen LogP contribution < -0.4 is 10.1 Å². The van der Waals surface area contributed by atoms with E-state index >= 15 is 0 Å². The van der Waals surface area contributed by atoms with Crippen molar-refractivity contribution >= 4 is 74.1 Å². The average molecular weight is 600 g/mol. The van der Waals surface area contributed by atoms with Crippen LogP contribution in [0.25, 0.3) is 0 Å². The molecule has 10 heteroatoms. The second kappa shape index (κ2) is 11.0. The van der Waals surface area contributed by atoms with Gasteiger partial charge in [0.25, 0.3) is 5.91 Å². The van der Waals surface area contributed by atoms with Gasteiger partial charge in [0.2, 0.25) is 0 Å². The number of nitrogens with zero attached hydrogens (tertiary/aromatic N) is 2. The molecule has 34 heavy (non-hydrogen) atoms. The minimum atomic E-state index is -0.304. The van der Waals surface area contributed by atoms with E-state index in [0.717, 1.165) is 11.1 Å². The van der Waals surface area contributed by atoms with E-state index < -0.39 is 0 Å². The Morgan fingerprint density at radius 2 is 1.71 bits per heavy atom. The first kappa shape index (κ1) is 24.9. The summed E-state index contributed by atoms with van der Waals surface area (Å²) in [7, 11) is 0. The van der Waals surface area contributed by atoms with Crippen LogP contribution in [0.5, 0.6) is 5.75 Å². The zero-order valence-corrected chi connectivity index (χ0v) is 22.0. The second-order valence-electron chi connectivity index (χ2n) is 7.28. The van der Waals surface area contributed by atoms with Crippen LogP contribution in [0.3, 0.4) is 0 Å². The van der Waals surface area contributed by atoms with Crippen LogP contribution in [0.1, 0.15) is 21.5 Å². The van der Waals surface area contributed by atoms with Gasteiger partial charge < -0.3 is 10.1 Å². The van der Waals surface area contributed by atoms with Crippen molar-refractivity contribution in [2.24, 2.45) is 0 Å². The molecule has 1 amide bonds. The topological polar surface area (TPSA) is 56.2 Å². The number of nitrogens with one attached hydrogen (secondary N) is 1. The molecular weight excluding hydrogens is 584 g/mol. The van der Waals surface area contributed by atoms with Crippen LogP contribution in [-0.2, 0) is 13.2 Å². The van der Waals surface area contributed by atoms with Crippen molar-refractivity contribution in [2.45, 2.75) is 13.2 Å². The highest BCUT2D eigenvalue weighted by Gasteiger charge is 2.14. The summed E-state index contributed by atoms with van der Waals surface area (Å²) in [5, 5.41) is 9.32. The summed E-state index contributed by atoms with van der Waals surface area (Å²) in [4.78, 5) is 12.8. The normalized spacial score (nSPS) is 10.9. The Balaban J connectivity index is 1.42. The van der Waals surface area contributed by atoms with Crippen molar-refractivity contribution in [1.29, 1.82) is 0 Å². The van der Waals surface area contributed by atoms with Gasteiger partial charge in [-0.05, 0) is 69.5 Å². The zero-order chi connectivity index (χ0) is 24.2. The molecular formula is C24H16BrCl4N3O2. The second-order valence-corrected chi connectivity index (χ2v) is 9.82. The first-order valence-electron chi connectivity index (χ1n) is 9.93. The van der Waals surface area contributed by atoms with Gasteiger partial charge in [0.15, 0.2) is 5.82 Å². The lowest BCUT2D eigenvalue weighted by molar-refractivity contribution is 0.102. The molecule has 5 nitrogen and oxygen atoms in total. The fourth-order valence-electron chi connectivity index (χ4n) is 3.12. The number of benzene rings is 3. The molecule has 0 radical (unpaired) electrons. The number of rotatable bonds is 7. The Kier molecular flexibility index (Phi) is 8.06. The lowest BCUT2D eigenvalue weighted by atomic mass is 10.1. The standard InChI is InChI=1S/C24H16BrCl4N3O2/c25-19-12-32(11-16-4-5-17(26)9-20(16)28)31-23(19)30-24(33)15-3-1-2-14(8-15)13-34-22-7-6-18(27)10-21(22)29/h1-10,12H,11,13H2,(H,30,31,33). The summed E-state index contributed by atoms with van der Waals surface area (Å²) in [5.74, 6) is 0.600. The average Bonchev–Trinajstić information content (AvgIpc) is 3.14. The molecule has 0 spiro atoms. The molecule has 174 valence electrons. The molecule has 0 saturated heterocycles. The molecule has 0 bridgehead atoms. The van der Waals surface area contributed by atoms with E-state index in [-0.39, 0.29) is 12.5 Å². The third kappa shape index (κ3) is 6.26. The van der Waals surface area contributed by atoms with Crippen LogP contribution in [0.2, 0.25) is 20.1 Å². The third-order valence-corrected chi connectivity index (χ3v) is 6.47. The van der Waals surface area contributed by atoms with E-state index in [1.54, 1.807) is 59.4 Å². The molecule has 1 aromatic heterocycles. The lowest BCUT2D eigenvalue weighted by Gasteiger charge is -2.10. The van der Waals surface area contributed by atoms with Crippen molar-refractivity contribution in [3.63, 3.8) is 0 Å². The molecule has 1 N–H and O–H groups in total. The highest BCUT2D eigenvalue weighted by molar-refractivity contribution is 9.10. The van der Waals surface area contributed by atoms with Gasteiger partial charge in [-0.25, -0.2) is 0 Å². The first-order chi connectivity index (χ1) is 16.3. The highest BCUT2D eigenvalue weighted by atomic mass is 79.9. The van der Waals surface area contributed by atoms with E-state index in [1.165, 1.54) is 0 Å². The van der Waals surface area contributed by atoms with Gasteiger partial charge in [-0.1, -0.05) is 64.6 Å². The summed E-state index contributed by atoms with van der Waals surface area (Å²) in [6.45, 7) is 0.660. The van der Waals surface area contributed by atoms with Crippen LogP contribution in [-0.4, -0.2) is 15.7 Å². The van der Waals surface area contributed by atoms with E-state index in [2.05, 4.69) is 26.3 Å². The maximum absolute atomic E-state index is 12.8. The Morgan fingerprint density at radius 1 is 0.971 bits per heavy atom. The molecule has 4 rings (SSSR count). The van der Waals surface area contributed by atoms with E-state index in [0.29, 0.717) is 48.2 Å². The van der Waals surface area contributed by atoms with Gasteiger partial charge in [0.1, 0.15) is 12.4 Å². The summed E-state index contributed by atoms with van der Waals surface area (Å²) in [5.41, 5.74) is 2.12. The maximum Gasteiger partial charge on any atom is 0.256 e. The van der Waals surface area contributed by atoms with Crippen LogP contribution >= 0.6 is 62.3 Å². The number of anilines is 1. The molecule has 4 aromatic rings. The Morgan fingerprint density at radius 3 is 2.44 bits per heavy atom. The van der Waals surface area contributed by atoms with Crippen LogP contribution in [0.15, 0.2) is 71.3 Å². The van der Waals surface area contributed by atoms with Crippen LogP contribution in [0, 0.1) is 0 Å². The fraction of sp³-hybridized carbons (Fsp3) is 0.0833. The largest absolute Gasteiger partial charge is 0.487 e. The molecule has 0 aliphatic carbocycles. The van der Waals surface area contributed by atoms with Gasteiger partial charge in [-0.2, -0.15) is 5.10 Å². The van der Waals surface area contributed by atoms with Gasteiger partial charge in [0.05, 0.1) is 16.0 Å². The van der Waals surface area contributed by atoms with E-state index in [4.69, 9.17) is 51.1 Å². The molecule has 0 unspecified atom stereocenters. The number of ether oxygens (including phenoxy) is 1. The Labute approximate surface area is 224 Å². The molecule has 3 aromatic carbocycles. The summed E-state index contributed by atoms with van der Waals surface area (Å²) >= 11 is 27.7. The van der Waals surface area contributed by atoms with Gasteiger partial charge in [-0.15, -0.1) is 0 Å². The van der Waals surface area contributed by atoms with Crippen molar-refractivity contribution in [1.82, 2.24) is 9.78 Å². The van der Waals surface area contributed by atoms with Crippen molar-refractivity contribution < 1.29 is 9.53 Å². The number of aromatic nitrogens is 2. The first-order valence-corrected chi connectivity index (χ1v) is 12.2. The van der Waals surface area contributed by atoms with Crippen molar-refractivity contribution in [3.05, 3.63) is 108 Å². The lowest BCUT2D eigenvalue weighted by Crippen LogP contribution is -2.13. The predicted octanol–water partition coefficient (Wildman–Crippen LogP) is 8.14. The van der Waals surface area contributed by atoms with Gasteiger partial charge >= 0.3 is 0 Å². The van der Waals surface area contributed by atoms with E-state index in [1.807, 2.05) is 12.1 Å². The SMILES string of the molecule is O=C(Nc1nn(Cc2ccc(Cl)cc2Cl)cc1Br)c1cccc(COc2ccc(Cl)cc2Cl)c1. The molecule has 0 atom stereocenters. The Bertz CT molecular complexity index is 1360. The number of hydrogen-bond donors (Lipinski definition) is 1. The molecule has 0 saturated carbocycles. The maximum atomic E-state index is 12.8. The molecule has 0 aliphatic rings. The number of carbonyl (C=O) groups excluding carboxylic acids is 1. The van der Waals surface area contributed by atoms with Crippen molar-refractivity contribution in [2.75, 3.05) is 5.32 Å². The summed E-state index contributed by atoms with van der Waals surface area (Å²) in [6.07, 6.45) is 1.76. The number of amides is 1. The number of carbonyl (C=O) groups is 1. The van der Waals surface area contributed by atoms with Gasteiger partial charge in [-0.3, -0.25) is 9.48 Å². The number of hydrogen-bond acceptors (Lipinski definition) is 3.